The zero-order valence-electron chi connectivity index (χ0n) is 11.0. The van der Waals surface area contributed by atoms with Crippen LogP contribution in [0.4, 0.5) is 5.69 Å². The van der Waals surface area contributed by atoms with Crippen LogP contribution in [0.5, 0.6) is 0 Å². The SMILES string of the molecule is C/C(=N/O)c1cccc(NC(=O)c2cc(C)c(Br)s2)c1. The third-order valence-corrected chi connectivity index (χ3v) is 4.90. The minimum absolute atomic E-state index is 0.153. The summed E-state index contributed by atoms with van der Waals surface area (Å²) >= 11 is 4.80. The second kappa shape index (κ2) is 6.19. The van der Waals surface area contributed by atoms with E-state index in [1.165, 1.54) is 11.3 Å². The fourth-order valence-electron chi connectivity index (χ4n) is 1.64. The Hall–Kier alpha value is -1.66. The van der Waals surface area contributed by atoms with Gasteiger partial charge in [0.05, 0.1) is 14.4 Å². The minimum Gasteiger partial charge on any atom is -0.411 e. The van der Waals surface area contributed by atoms with Gasteiger partial charge in [-0.05, 0) is 53.5 Å². The van der Waals surface area contributed by atoms with E-state index in [1.54, 1.807) is 25.1 Å². The van der Waals surface area contributed by atoms with Crippen molar-refractivity contribution in [2.45, 2.75) is 13.8 Å². The number of nitrogens with zero attached hydrogens (tertiary/aromatic N) is 1. The van der Waals surface area contributed by atoms with E-state index in [9.17, 15) is 4.79 Å². The first-order valence-electron chi connectivity index (χ1n) is 5.87. The highest BCUT2D eigenvalue weighted by atomic mass is 79.9. The van der Waals surface area contributed by atoms with E-state index < -0.39 is 0 Å². The number of nitrogens with one attached hydrogen (secondary N) is 1. The molecule has 0 fully saturated rings. The maximum atomic E-state index is 12.1. The topological polar surface area (TPSA) is 61.7 Å². The molecule has 2 rings (SSSR count). The van der Waals surface area contributed by atoms with Crippen molar-refractivity contribution < 1.29 is 10.0 Å². The number of rotatable bonds is 3. The van der Waals surface area contributed by atoms with Gasteiger partial charge in [-0.15, -0.1) is 11.3 Å². The number of hydrogen-bond donors (Lipinski definition) is 2. The molecule has 2 aromatic rings. The van der Waals surface area contributed by atoms with E-state index in [-0.39, 0.29) is 5.91 Å². The molecule has 0 spiro atoms. The van der Waals surface area contributed by atoms with Crippen molar-refractivity contribution in [3.05, 3.63) is 50.1 Å². The highest BCUT2D eigenvalue weighted by Crippen LogP contribution is 2.28. The average Bonchev–Trinajstić information content (AvgIpc) is 2.78. The number of anilines is 1. The van der Waals surface area contributed by atoms with Crippen LogP contribution < -0.4 is 5.32 Å². The lowest BCUT2D eigenvalue weighted by molar-refractivity contribution is 0.103. The lowest BCUT2D eigenvalue weighted by Crippen LogP contribution is -2.10. The molecule has 6 heteroatoms. The summed E-state index contributed by atoms with van der Waals surface area (Å²) in [5, 5.41) is 14.8. The zero-order valence-corrected chi connectivity index (χ0v) is 13.4. The lowest BCUT2D eigenvalue weighted by atomic mass is 10.1. The molecule has 0 unspecified atom stereocenters. The summed E-state index contributed by atoms with van der Waals surface area (Å²) in [6.07, 6.45) is 0. The second-order valence-corrected chi connectivity index (χ2v) is 6.66. The van der Waals surface area contributed by atoms with Crippen LogP contribution in [0.2, 0.25) is 0 Å². The Morgan fingerprint density at radius 2 is 2.15 bits per heavy atom. The first-order chi connectivity index (χ1) is 9.51. The first kappa shape index (κ1) is 14.7. The molecule has 0 saturated carbocycles. The van der Waals surface area contributed by atoms with Gasteiger partial charge in [0.25, 0.3) is 5.91 Å². The molecule has 0 atom stereocenters. The fraction of sp³-hybridized carbons (Fsp3) is 0.143. The van der Waals surface area contributed by atoms with Gasteiger partial charge >= 0.3 is 0 Å². The molecule has 0 bridgehead atoms. The summed E-state index contributed by atoms with van der Waals surface area (Å²) in [6.45, 7) is 3.64. The second-order valence-electron chi connectivity index (χ2n) is 4.29. The molecule has 1 amide bonds. The molecule has 0 aliphatic rings. The summed E-state index contributed by atoms with van der Waals surface area (Å²) < 4.78 is 0.958. The maximum absolute atomic E-state index is 12.1. The summed E-state index contributed by atoms with van der Waals surface area (Å²) in [5.74, 6) is -0.153. The third-order valence-electron chi connectivity index (χ3n) is 2.77. The van der Waals surface area contributed by atoms with Gasteiger partial charge in [0.1, 0.15) is 0 Å². The number of aryl methyl sites for hydroxylation is 1. The van der Waals surface area contributed by atoms with Crippen LogP contribution in [-0.4, -0.2) is 16.8 Å². The normalized spacial score (nSPS) is 11.4. The summed E-state index contributed by atoms with van der Waals surface area (Å²) in [6, 6.07) is 9.02. The van der Waals surface area contributed by atoms with Crippen LogP contribution in [0, 0.1) is 6.92 Å². The molecule has 0 aliphatic carbocycles. The maximum Gasteiger partial charge on any atom is 0.265 e. The predicted molar refractivity (Wildman–Crippen MR) is 85.1 cm³/mol. The number of amides is 1. The Morgan fingerprint density at radius 3 is 2.75 bits per heavy atom. The molecule has 1 aromatic carbocycles. The van der Waals surface area contributed by atoms with Gasteiger partial charge in [0.2, 0.25) is 0 Å². The highest BCUT2D eigenvalue weighted by molar-refractivity contribution is 9.11. The number of carbonyl (C=O) groups excluding carboxylic acids is 1. The monoisotopic (exact) mass is 352 g/mol. The quantitative estimate of drug-likeness (QED) is 0.492. The van der Waals surface area contributed by atoms with Crippen molar-refractivity contribution in [1.29, 1.82) is 0 Å². The first-order valence-corrected chi connectivity index (χ1v) is 7.48. The molecule has 1 aromatic heterocycles. The van der Waals surface area contributed by atoms with Gasteiger partial charge in [-0.1, -0.05) is 17.3 Å². The van der Waals surface area contributed by atoms with Crippen LogP contribution in [0.1, 0.15) is 27.7 Å². The molecule has 2 N–H and O–H groups in total. The smallest absolute Gasteiger partial charge is 0.265 e. The van der Waals surface area contributed by atoms with Gasteiger partial charge in [-0.3, -0.25) is 4.79 Å². The number of hydrogen-bond acceptors (Lipinski definition) is 4. The lowest BCUT2D eigenvalue weighted by Gasteiger charge is -2.05. The van der Waals surface area contributed by atoms with Gasteiger partial charge in [-0.25, -0.2) is 0 Å². The third kappa shape index (κ3) is 3.26. The Kier molecular flexibility index (Phi) is 4.57. The van der Waals surface area contributed by atoms with E-state index in [0.717, 1.165) is 14.9 Å². The Bertz CT molecular complexity index is 660. The van der Waals surface area contributed by atoms with Crippen molar-refractivity contribution in [3.8, 4) is 0 Å². The number of thiophene rings is 1. The average molecular weight is 353 g/mol. The van der Waals surface area contributed by atoms with Gasteiger partial charge < -0.3 is 10.5 Å². The number of carbonyl (C=O) groups is 1. The summed E-state index contributed by atoms with van der Waals surface area (Å²) in [4.78, 5) is 12.8. The largest absolute Gasteiger partial charge is 0.411 e. The predicted octanol–water partition coefficient (Wildman–Crippen LogP) is 4.27. The van der Waals surface area contributed by atoms with Gasteiger partial charge in [0, 0.05) is 11.3 Å². The fourth-order valence-corrected chi connectivity index (χ4v) is 3.07. The molecule has 0 radical (unpaired) electrons. The molecular formula is C14H13BrN2O2S. The van der Waals surface area contributed by atoms with Crippen molar-refractivity contribution in [2.24, 2.45) is 5.16 Å². The standard InChI is InChI=1S/C14H13BrN2O2S/c1-8-6-12(20-13(8)15)14(18)16-11-5-3-4-10(7-11)9(2)17-19/h3-7,19H,1-2H3,(H,16,18)/b17-9-. The summed E-state index contributed by atoms with van der Waals surface area (Å²) in [5.41, 5.74) is 2.96. The van der Waals surface area contributed by atoms with E-state index in [0.29, 0.717) is 16.3 Å². The number of oxime groups is 1. The van der Waals surface area contributed by atoms with Gasteiger partial charge in [-0.2, -0.15) is 0 Å². The molecular weight excluding hydrogens is 340 g/mol. The van der Waals surface area contributed by atoms with Crippen molar-refractivity contribution in [3.63, 3.8) is 0 Å². The van der Waals surface area contributed by atoms with E-state index in [1.807, 2.05) is 19.1 Å². The van der Waals surface area contributed by atoms with E-state index >= 15 is 0 Å². The Morgan fingerprint density at radius 1 is 1.40 bits per heavy atom. The number of benzene rings is 1. The van der Waals surface area contributed by atoms with Crippen LogP contribution in [0.3, 0.4) is 0 Å². The molecule has 0 saturated heterocycles. The van der Waals surface area contributed by atoms with Crippen molar-refractivity contribution in [1.82, 2.24) is 0 Å². The summed E-state index contributed by atoms with van der Waals surface area (Å²) in [7, 11) is 0. The van der Waals surface area contributed by atoms with Crippen LogP contribution in [-0.2, 0) is 0 Å². The molecule has 4 nitrogen and oxygen atoms in total. The van der Waals surface area contributed by atoms with E-state index in [2.05, 4.69) is 26.4 Å². The van der Waals surface area contributed by atoms with E-state index in [4.69, 9.17) is 5.21 Å². The van der Waals surface area contributed by atoms with Crippen LogP contribution in [0.15, 0.2) is 39.3 Å². The minimum atomic E-state index is -0.153. The molecule has 20 heavy (non-hydrogen) atoms. The molecule has 0 aliphatic heterocycles. The van der Waals surface area contributed by atoms with Crippen LogP contribution >= 0.6 is 27.3 Å². The Labute approximate surface area is 129 Å². The highest BCUT2D eigenvalue weighted by Gasteiger charge is 2.11. The van der Waals surface area contributed by atoms with Crippen molar-refractivity contribution in [2.75, 3.05) is 5.32 Å². The number of halogens is 1. The Balaban J connectivity index is 2.20. The van der Waals surface area contributed by atoms with Crippen LogP contribution in [0.25, 0.3) is 0 Å². The zero-order chi connectivity index (χ0) is 14.7. The van der Waals surface area contributed by atoms with Crippen molar-refractivity contribution >= 4 is 44.6 Å². The van der Waals surface area contributed by atoms with Gasteiger partial charge in [0.15, 0.2) is 0 Å². The molecule has 1 heterocycles. The molecule has 104 valence electrons.